The predicted octanol–water partition coefficient (Wildman–Crippen LogP) is 8.32. The molecule has 0 fully saturated rings. The third-order valence-electron chi connectivity index (χ3n) is 5.51. The lowest BCUT2D eigenvalue weighted by atomic mass is 9.96. The van der Waals surface area contributed by atoms with Gasteiger partial charge in [-0.1, -0.05) is 82.7 Å². The maximum Gasteiger partial charge on any atom is 0.143 e. The van der Waals surface area contributed by atoms with Crippen LogP contribution in [0.15, 0.2) is 99.9 Å². The van der Waals surface area contributed by atoms with Gasteiger partial charge in [-0.3, -0.25) is 0 Å². The third kappa shape index (κ3) is 2.25. The Morgan fingerprint density at radius 2 is 1.21 bits per heavy atom. The lowest BCUT2D eigenvalue weighted by Gasteiger charge is -2.06. The normalized spacial score (nSPS) is 11.8. The fourth-order valence-electron chi connectivity index (χ4n) is 4.25. The summed E-state index contributed by atoms with van der Waals surface area (Å²) < 4.78 is 7.53. The Kier molecular flexibility index (Phi) is 3.38. The molecule has 1 heterocycles. The van der Waals surface area contributed by atoms with Crippen molar-refractivity contribution in [1.29, 1.82) is 0 Å². The molecule has 0 bridgehead atoms. The molecular weight excluding hydrogens is 408 g/mol. The molecule has 0 radical (unpaired) electrons. The van der Waals surface area contributed by atoms with Crippen molar-refractivity contribution in [1.82, 2.24) is 0 Å². The van der Waals surface area contributed by atoms with E-state index in [1.54, 1.807) is 0 Å². The summed E-state index contributed by atoms with van der Waals surface area (Å²) >= 11 is 3.57. The number of benzene rings is 5. The van der Waals surface area contributed by atoms with Crippen LogP contribution in [0.2, 0.25) is 0 Å². The van der Waals surface area contributed by atoms with Crippen molar-refractivity contribution in [3.8, 4) is 11.1 Å². The molecule has 2 heteroatoms. The summed E-state index contributed by atoms with van der Waals surface area (Å²) in [6.45, 7) is 0. The quantitative estimate of drug-likeness (QED) is 0.242. The van der Waals surface area contributed by atoms with Gasteiger partial charge < -0.3 is 4.42 Å². The van der Waals surface area contributed by atoms with Crippen LogP contribution in [-0.2, 0) is 0 Å². The highest BCUT2D eigenvalue weighted by atomic mass is 79.9. The molecule has 28 heavy (non-hydrogen) atoms. The Bertz CT molecular complexity index is 1520. The summed E-state index contributed by atoms with van der Waals surface area (Å²) in [4.78, 5) is 0. The zero-order valence-electron chi connectivity index (χ0n) is 14.9. The topological polar surface area (TPSA) is 13.1 Å². The molecule has 0 N–H and O–H groups in total. The van der Waals surface area contributed by atoms with Crippen LogP contribution in [0.3, 0.4) is 0 Å². The minimum Gasteiger partial charge on any atom is -0.455 e. The van der Waals surface area contributed by atoms with Crippen LogP contribution >= 0.6 is 15.9 Å². The van der Waals surface area contributed by atoms with E-state index < -0.39 is 0 Å². The second-order valence-corrected chi connectivity index (χ2v) is 8.03. The second kappa shape index (κ2) is 5.95. The molecule has 1 aromatic heterocycles. The molecule has 6 rings (SSSR count). The zero-order chi connectivity index (χ0) is 18.7. The van der Waals surface area contributed by atoms with Gasteiger partial charge in [-0.05, 0) is 51.6 Å². The van der Waals surface area contributed by atoms with E-state index in [1.807, 2.05) is 6.07 Å². The molecule has 0 aliphatic heterocycles. The lowest BCUT2D eigenvalue weighted by Crippen LogP contribution is -1.80. The summed E-state index contributed by atoms with van der Waals surface area (Å²) in [7, 11) is 0. The predicted molar refractivity (Wildman–Crippen MR) is 122 cm³/mol. The van der Waals surface area contributed by atoms with Gasteiger partial charge in [0.15, 0.2) is 0 Å². The summed E-state index contributed by atoms with van der Waals surface area (Å²) in [5, 5.41) is 7.27. The number of halogens is 1. The van der Waals surface area contributed by atoms with Crippen molar-refractivity contribution in [2.24, 2.45) is 0 Å². The average molecular weight is 423 g/mol. The van der Waals surface area contributed by atoms with Crippen molar-refractivity contribution in [3.05, 3.63) is 95.5 Å². The van der Waals surface area contributed by atoms with E-state index in [0.717, 1.165) is 32.0 Å². The van der Waals surface area contributed by atoms with E-state index in [-0.39, 0.29) is 0 Å². The van der Waals surface area contributed by atoms with Crippen LogP contribution in [0, 0.1) is 0 Å². The Morgan fingerprint density at radius 1 is 0.536 bits per heavy atom. The second-order valence-electron chi connectivity index (χ2n) is 7.12. The molecule has 1 nitrogen and oxygen atoms in total. The number of rotatable bonds is 1. The Labute approximate surface area is 170 Å². The molecule has 0 saturated heterocycles. The van der Waals surface area contributed by atoms with E-state index in [2.05, 4.69) is 101 Å². The molecule has 0 saturated carbocycles. The smallest absolute Gasteiger partial charge is 0.143 e. The minimum absolute atomic E-state index is 0.925. The number of fused-ring (bicyclic) bond motifs is 8. The Hall–Kier alpha value is -3.10. The first-order chi connectivity index (χ1) is 13.8. The van der Waals surface area contributed by atoms with Gasteiger partial charge in [-0.2, -0.15) is 0 Å². The van der Waals surface area contributed by atoms with Gasteiger partial charge in [0.05, 0.1) is 0 Å². The lowest BCUT2D eigenvalue weighted by molar-refractivity contribution is 0.673. The van der Waals surface area contributed by atoms with Crippen molar-refractivity contribution in [3.63, 3.8) is 0 Å². The van der Waals surface area contributed by atoms with E-state index in [0.29, 0.717) is 0 Å². The average Bonchev–Trinajstić information content (AvgIpc) is 3.13. The van der Waals surface area contributed by atoms with Gasteiger partial charge in [0.2, 0.25) is 0 Å². The van der Waals surface area contributed by atoms with E-state index in [9.17, 15) is 0 Å². The molecule has 0 unspecified atom stereocenters. The van der Waals surface area contributed by atoms with Gasteiger partial charge in [-0.25, -0.2) is 0 Å². The van der Waals surface area contributed by atoms with Gasteiger partial charge in [-0.15, -0.1) is 0 Å². The highest BCUT2D eigenvalue weighted by Crippen LogP contribution is 2.41. The van der Waals surface area contributed by atoms with Crippen LogP contribution in [-0.4, -0.2) is 0 Å². The standard InChI is InChI=1S/C26H15BrO/c27-18-7-5-6-16(14-18)17-12-13-23-24(15-17)28-26-22-11-4-2-9-20(22)19-8-1-3-10-21(19)25(23)26/h1-15H. The van der Waals surface area contributed by atoms with Crippen molar-refractivity contribution >= 4 is 59.4 Å². The van der Waals surface area contributed by atoms with Crippen LogP contribution in [0.25, 0.3) is 54.6 Å². The van der Waals surface area contributed by atoms with Crippen LogP contribution < -0.4 is 0 Å². The SMILES string of the molecule is Brc1cccc(-c2ccc3c(c2)oc2c4ccccc4c4ccccc4c32)c1. The first kappa shape index (κ1) is 15.9. The first-order valence-corrected chi connectivity index (χ1v) is 10.1. The Morgan fingerprint density at radius 3 is 2.00 bits per heavy atom. The van der Waals surface area contributed by atoms with Crippen molar-refractivity contribution < 1.29 is 4.42 Å². The Balaban J connectivity index is 1.76. The van der Waals surface area contributed by atoms with Gasteiger partial charge in [0.1, 0.15) is 11.2 Å². The van der Waals surface area contributed by atoms with Crippen LogP contribution in [0.5, 0.6) is 0 Å². The van der Waals surface area contributed by atoms with Gasteiger partial charge in [0, 0.05) is 20.6 Å². The summed E-state index contributed by atoms with van der Waals surface area (Å²) in [6, 6.07) is 32.0. The van der Waals surface area contributed by atoms with E-state index in [4.69, 9.17) is 4.42 Å². The molecule has 6 aromatic rings. The molecule has 0 atom stereocenters. The van der Waals surface area contributed by atoms with Gasteiger partial charge >= 0.3 is 0 Å². The van der Waals surface area contributed by atoms with E-state index >= 15 is 0 Å². The van der Waals surface area contributed by atoms with Crippen LogP contribution in [0.1, 0.15) is 0 Å². The van der Waals surface area contributed by atoms with Crippen molar-refractivity contribution in [2.75, 3.05) is 0 Å². The third-order valence-corrected chi connectivity index (χ3v) is 6.00. The minimum atomic E-state index is 0.925. The molecule has 132 valence electrons. The number of hydrogen-bond acceptors (Lipinski definition) is 1. The number of furan rings is 1. The monoisotopic (exact) mass is 422 g/mol. The largest absolute Gasteiger partial charge is 0.455 e. The fraction of sp³-hybridized carbons (Fsp3) is 0. The van der Waals surface area contributed by atoms with Crippen LogP contribution in [0.4, 0.5) is 0 Å². The number of hydrogen-bond donors (Lipinski definition) is 0. The summed E-state index contributed by atoms with van der Waals surface area (Å²) in [5.41, 5.74) is 4.22. The highest BCUT2D eigenvalue weighted by Gasteiger charge is 2.15. The zero-order valence-corrected chi connectivity index (χ0v) is 16.5. The summed E-state index contributed by atoms with van der Waals surface area (Å²) in [5.74, 6) is 0. The van der Waals surface area contributed by atoms with Crippen molar-refractivity contribution in [2.45, 2.75) is 0 Å². The molecule has 0 aliphatic rings. The molecule has 5 aromatic carbocycles. The highest BCUT2D eigenvalue weighted by molar-refractivity contribution is 9.10. The molecule has 0 spiro atoms. The van der Waals surface area contributed by atoms with E-state index in [1.165, 1.54) is 27.1 Å². The maximum atomic E-state index is 6.45. The molecule has 0 aliphatic carbocycles. The molecule has 0 amide bonds. The fourth-order valence-corrected chi connectivity index (χ4v) is 4.65. The van der Waals surface area contributed by atoms with Gasteiger partial charge in [0.25, 0.3) is 0 Å². The first-order valence-electron chi connectivity index (χ1n) is 9.31. The maximum absolute atomic E-state index is 6.45. The molecular formula is C26H15BrO. The summed E-state index contributed by atoms with van der Waals surface area (Å²) in [6.07, 6.45) is 0.